The summed E-state index contributed by atoms with van der Waals surface area (Å²) in [6.45, 7) is 5.37. The summed E-state index contributed by atoms with van der Waals surface area (Å²) >= 11 is 0. The van der Waals surface area contributed by atoms with Gasteiger partial charge in [-0.15, -0.1) is 0 Å². The normalized spacial score (nSPS) is 16.0. The van der Waals surface area contributed by atoms with Crippen molar-refractivity contribution < 1.29 is 19.7 Å². The topological polar surface area (TPSA) is 133 Å². The number of benzene rings is 2. The van der Waals surface area contributed by atoms with Crippen LogP contribution < -0.4 is 15.4 Å². The highest BCUT2D eigenvalue weighted by Gasteiger charge is 2.24. The number of ether oxygens (including phenoxy) is 1. The molecule has 2 atom stereocenters. The van der Waals surface area contributed by atoms with E-state index in [-0.39, 0.29) is 12.1 Å². The third-order valence-electron chi connectivity index (χ3n) is 7.01. The van der Waals surface area contributed by atoms with E-state index in [1.807, 2.05) is 43.3 Å². The molecule has 1 saturated heterocycles. The van der Waals surface area contributed by atoms with Crippen molar-refractivity contribution in [2.24, 2.45) is 0 Å². The molecule has 0 saturated carbocycles. The molecule has 4 N–H and O–H groups in total. The van der Waals surface area contributed by atoms with E-state index in [1.165, 1.54) is 4.90 Å². The number of aromatic nitrogens is 3. The second-order valence-electron chi connectivity index (χ2n) is 10.1. The highest BCUT2D eigenvalue weighted by atomic mass is 16.5. The van der Waals surface area contributed by atoms with E-state index in [2.05, 4.69) is 26.7 Å². The Morgan fingerprint density at radius 3 is 2.83 bits per heavy atom. The first-order valence-electron chi connectivity index (χ1n) is 13.5. The van der Waals surface area contributed by atoms with Gasteiger partial charge in [0, 0.05) is 54.5 Å². The van der Waals surface area contributed by atoms with Crippen LogP contribution in [0.15, 0.2) is 60.9 Å². The number of aryl methyl sites for hydroxylation is 1. The fraction of sp³-hybridized carbons (Fsp3) is 0.333. The van der Waals surface area contributed by atoms with Gasteiger partial charge >= 0.3 is 6.09 Å². The zero-order valence-electron chi connectivity index (χ0n) is 22.7. The second-order valence-corrected chi connectivity index (χ2v) is 10.1. The predicted octanol–water partition coefficient (Wildman–Crippen LogP) is 5.53. The van der Waals surface area contributed by atoms with Crippen LogP contribution in [0.4, 0.5) is 16.4 Å². The number of aliphatic hydroxyl groups excluding tert-OH is 1. The van der Waals surface area contributed by atoms with Crippen molar-refractivity contribution in [1.29, 1.82) is 0 Å². The van der Waals surface area contributed by atoms with Gasteiger partial charge in [0.2, 0.25) is 11.8 Å². The lowest BCUT2D eigenvalue weighted by molar-refractivity contribution is 0.132. The molecule has 208 valence electrons. The van der Waals surface area contributed by atoms with E-state index in [4.69, 9.17) is 9.72 Å². The van der Waals surface area contributed by atoms with Crippen LogP contribution in [-0.2, 0) is 0 Å². The molecule has 1 fully saturated rings. The number of carbonyl (C=O) groups is 1. The van der Waals surface area contributed by atoms with Crippen LogP contribution in [0, 0.1) is 6.92 Å². The molecule has 2 aromatic carbocycles. The summed E-state index contributed by atoms with van der Waals surface area (Å²) in [5.74, 6) is 1.56. The van der Waals surface area contributed by atoms with Gasteiger partial charge in [-0.2, -0.15) is 0 Å². The smallest absolute Gasteiger partial charge is 0.407 e. The maximum absolute atomic E-state index is 11.4. The molecule has 1 aliphatic heterocycles. The molecule has 2 unspecified atom stereocenters. The van der Waals surface area contributed by atoms with Gasteiger partial charge in [-0.25, -0.2) is 19.7 Å². The maximum Gasteiger partial charge on any atom is 0.407 e. The summed E-state index contributed by atoms with van der Waals surface area (Å²) in [7, 11) is 0. The zero-order chi connectivity index (χ0) is 28.1. The lowest BCUT2D eigenvalue weighted by atomic mass is 10.0. The van der Waals surface area contributed by atoms with Crippen molar-refractivity contribution in [1.82, 2.24) is 19.9 Å². The van der Waals surface area contributed by atoms with E-state index in [1.54, 1.807) is 25.4 Å². The van der Waals surface area contributed by atoms with E-state index in [0.717, 1.165) is 34.9 Å². The Bertz CT molecular complexity index is 1490. The number of amides is 1. The van der Waals surface area contributed by atoms with Gasteiger partial charge in [-0.05, 0) is 62.9 Å². The van der Waals surface area contributed by atoms with Gasteiger partial charge in [0.05, 0.1) is 17.4 Å². The molecule has 0 aliphatic carbocycles. The van der Waals surface area contributed by atoms with Gasteiger partial charge in [-0.1, -0.05) is 24.3 Å². The monoisotopic (exact) mass is 542 g/mol. The first-order valence-corrected chi connectivity index (χ1v) is 13.5. The van der Waals surface area contributed by atoms with Crippen molar-refractivity contribution in [3.8, 4) is 22.9 Å². The van der Waals surface area contributed by atoms with Gasteiger partial charge < -0.3 is 30.5 Å². The molecule has 5 rings (SSSR count). The van der Waals surface area contributed by atoms with Gasteiger partial charge in [0.1, 0.15) is 5.75 Å². The Morgan fingerprint density at radius 2 is 2.00 bits per heavy atom. The van der Waals surface area contributed by atoms with E-state index < -0.39 is 6.09 Å². The van der Waals surface area contributed by atoms with Crippen molar-refractivity contribution >= 4 is 28.5 Å². The van der Waals surface area contributed by atoms with Crippen LogP contribution in [0.5, 0.6) is 11.6 Å². The van der Waals surface area contributed by atoms with Crippen molar-refractivity contribution in [2.75, 3.05) is 30.3 Å². The quantitative estimate of drug-likeness (QED) is 0.215. The number of rotatable bonds is 9. The molecular weight excluding hydrogens is 508 g/mol. The molecule has 0 radical (unpaired) electrons. The molecule has 0 spiro atoms. The van der Waals surface area contributed by atoms with Crippen molar-refractivity contribution in [2.45, 2.75) is 45.3 Å². The number of hydrogen-bond acceptors (Lipinski definition) is 8. The van der Waals surface area contributed by atoms with E-state index in [0.29, 0.717) is 54.9 Å². The molecule has 2 aromatic heterocycles. The molecule has 3 heterocycles. The lowest BCUT2D eigenvalue weighted by Crippen LogP contribution is -2.44. The highest BCUT2D eigenvalue weighted by molar-refractivity contribution is 5.98. The van der Waals surface area contributed by atoms with Crippen LogP contribution in [0.3, 0.4) is 0 Å². The summed E-state index contributed by atoms with van der Waals surface area (Å²) in [5, 5.41) is 27.7. The number of hydrogen-bond donors (Lipinski definition) is 4. The molecular formula is C30H34N6O4. The number of piperidine rings is 1. The molecule has 1 aliphatic rings. The average Bonchev–Trinajstić information content (AvgIpc) is 2.95. The average molecular weight is 543 g/mol. The number of nitrogens with one attached hydrogen (secondary N) is 2. The van der Waals surface area contributed by atoms with Crippen LogP contribution in [0.25, 0.3) is 22.0 Å². The largest absolute Gasteiger partial charge is 0.465 e. The summed E-state index contributed by atoms with van der Waals surface area (Å²) < 4.78 is 6.50. The maximum atomic E-state index is 11.4. The minimum absolute atomic E-state index is 0.0635. The van der Waals surface area contributed by atoms with E-state index >= 15 is 0 Å². The van der Waals surface area contributed by atoms with E-state index in [9.17, 15) is 15.0 Å². The summed E-state index contributed by atoms with van der Waals surface area (Å²) in [6.07, 6.45) is 4.35. The molecule has 0 bridgehead atoms. The minimum Gasteiger partial charge on any atom is -0.465 e. The minimum atomic E-state index is -0.912. The summed E-state index contributed by atoms with van der Waals surface area (Å²) in [4.78, 5) is 26.5. The summed E-state index contributed by atoms with van der Waals surface area (Å²) in [6, 6.07) is 15.6. The lowest BCUT2D eigenvalue weighted by Gasteiger charge is -2.31. The first kappa shape index (κ1) is 27.1. The molecule has 10 nitrogen and oxygen atoms in total. The Morgan fingerprint density at radius 1 is 1.12 bits per heavy atom. The fourth-order valence-electron chi connectivity index (χ4n) is 4.94. The standard InChI is InChI=1S/C30H34N6O4/c1-19-10-11-22-23(7-3-9-25(22)31-15-12-20(2)37)27(19)40-28-24(8-4-14-32-28)26-13-16-33-29(35-26)34-21-6-5-17-36(18-21)30(38)39/h3-4,7-11,13-14,16,20-21,31,37H,5-6,12,15,17-18H2,1-2H3,(H,38,39)(H,33,34,35). The number of anilines is 2. The van der Waals surface area contributed by atoms with Crippen LogP contribution in [0.1, 0.15) is 31.7 Å². The Kier molecular flexibility index (Phi) is 8.26. The van der Waals surface area contributed by atoms with Crippen LogP contribution in [0.2, 0.25) is 0 Å². The summed E-state index contributed by atoms with van der Waals surface area (Å²) in [5.41, 5.74) is 3.30. The van der Waals surface area contributed by atoms with Gasteiger partial charge in [0.25, 0.3) is 0 Å². The highest BCUT2D eigenvalue weighted by Crippen LogP contribution is 2.38. The number of pyridine rings is 1. The van der Waals surface area contributed by atoms with Crippen molar-refractivity contribution in [3.05, 3.63) is 66.5 Å². The predicted molar refractivity (Wildman–Crippen MR) is 155 cm³/mol. The molecule has 1 amide bonds. The third kappa shape index (κ3) is 6.23. The first-order chi connectivity index (χ1) is 19.4. The number of aliphatic hydroxyl groups is 1. The van der Waals surface area contributed by atoms with Gasteiger partial charge in [-0.3, -0.25) is 0 Å². The number of carboxylic acid groups (broad SMARTS) is 1. The SMILES string of the molecule is Cc1ccc2c(NCCC(C)O)cccc2c1Oc1ncccc1-c1ccnc(NC2CCCN(C(=O)O)C2)n1. The van der Waals surface area contributed by atoms with Crippen molar-refractivity contribution in [3.63, 3.8) is 0 Å². The molecule has 40 heavy (non-hydrogen) atoms. The fourth-order valence-corrected chi connectivity index (χ4v) is 4.94. The van der Waals surface area contributed by atoms with Gasteiger partial charge in [0.15, 0.2) is 0 Å². The zero-order valence-corrected chi connectivity index (χ0v) is 22.7. The van der Waals surface area contributed by atoms with Crippen LogP contribution in [-0.4, -0.2) is 67.9 Å². The Labute approximate surface area is 233 Å². The third-order valence-corrected chi connectivity index (χ3v) is 7.01. The van der Waals surface area contributed by atoms with Crippen LogP contribution >= 0.6 is 0 Å². The second kappa shape index (κ2) is 12.2. The number of nitrogens with zero attached hydrogens (tertiary/aromatic N) is 4. The number of likely N-dealkylation sites (tertiary alicyclic amines) is 1. The Balaban J connectivity index is 1.42. The number of fused-ring (bicyclic) bond motifs is 1. The Hall–Kier alpha value is -4.44. The molecule has 4 aromatic rings. The molecule has 10 heteroatoms.